The lowest BCUT2D eigenvalue weighted by molar-refractivity contribution is 0.0696. The number of benzene rings is 1. The van der Waals surface area contributed by atoms with E-state index in [1.54, 1.807) is 0 Å². The number of alkyl halides is 1. The van der Waals surface area contributed by atoms with E-state index in [1.807, 2.05) is 0 Å². The Hall–Kier alpha value is -1.67. The highest BCUT2D eigenvalue weighted by Gasteiger charge is 2.11. The Morgan fingerprint density at radius 1 is 1.33 bits per heavy atom. The van der Waals surface area contributed by atoms with Crippen LogP contribution >= 0.6 is 15.9 Å². The van der Waals surface area contributed by atoms with E-state index in [9.17, 15) is 15.0 Å². The topological polar surface area (TPSA) is 77.8 Å². The number of carboxylic acids is 1. The molecule has 0 bridgehead atoms. The van der Waals surface area contributed by atoms with Gasteiger partial charge in [0.1, 0.15) is 17.1 Å². The van der Waals surface area contributed by atoms with E-state index in [0.29, 0.717) is 5.33 Å². The molecule has 0 saturated carbocycles. The summed E-state index contributed by atoms with van der Waals surface area (Å²) in [6, 6.07) is 2.08. The maximum Gasteiger partial charge on any atom is 0.335 e. The fourth-order valence-corrected chi connectivity index (χ4v) is 1.13. The highest BCUT2D eigenvalue weighted by Crippen LogP contribution is 2.27. The number of halogens is 1. The van der Waals surface area contributed by atoms with Gasteiger partial charge >= 0.3 is 5.97 Å². The quantitative estimate of drug-likeness (QED) is 0.535. The molecule has 1 aromatic rings. The zero-order valence-corrected chi connectivity index (χ0v) is 9.08. The monoisotopic (exact) mass is 270 g/mol. The molecule has 0 aliphatic carbocycles. The zero-order chi connectivity index (χ0) is 11.4. The lowest BCUT2D eigenvalue weighted by Crippen LogP contribution is -1.96. The molecule has 78 valence electrons. The lowest BCUT2D eigenvalue weighted by atomic mass is 10.1. The van der Waals surface area contributed by atoms with Gasteiger partial charge in [-0.2, -0.15) is 0 Å². The van der Waals surface area contributed by atoms with Crippen LogP contribution in [0.4, 0.5) is 0 Å². The van der Waals surface area contributed by atoms with Crippen molar-refractivity contribution in [3.63, 3.8) is 0 Å². The Morgan fingerprint density at radius 3 is 2.27 bits per heavy atom. The highest BCUT2D eigenvalue weighted by molar-refractivity contribution is 9.09. The van der Waals surface area contributed by atoms with E-state index in [4.69, 9.17) is 5.11 Å². The fourth-order valence-electron chi connectivity index (χ4n) is 0.985. The average molecular weight is 271 g/mol. The second-order valence-electron chi connectivity index (χ2n) is 2.63. The van der Waals surface area contributed by atoms with Crippen molar-refractivity contribution >= 4 is 21.9 Å². The van der Waals surface area contributed by atoms with Crippen molar-refractivity contribution in [2.24, 2.45) is 0 Å². The normalized spacial score (nSPS) is 9.13. The minimum Gasteiger partial charge on any atom is -0.506 e. The van der Waals surface area contributed by atoms with Crippen LogP contribution in [0, 0.1) is 11.8 Å². The molecule has 0 radical (unpaired) electrons. The third-order valence-corrected chi connectivity index (χ3v) is 1.90. The van der Waals surface area contributed by atoms with E-state index >= 15 is 0 Å². The van der Waals surface area contributed by atoms with Crippen molar-refractivity contribution in [1.82, 2.24) is 0 Å². The van der Waals surface area contributed by atoms with Crippen LogP contribution in [0.3, 0.4) is 0 Å². The van der Waals surface area contributed by atoms with Crippen molar-refractivity contribution in [2.75, 3.05) is 5.33 Å². The summed E-state index contributed by atoms with van der Waals surface area (Å²) in [6.45, 7) is 0. The van der Waals surface area contributed by atoms with Gasteiger partial charge in [-0.15, -0.1) is 0 Å². The summed E-state index contributed by atoms with van der Waals surface area (Å²) < 4.78 is 0. The van der Waals surface area contributed by atoms with Crippen LogP contribution < -0.4 is 0 Å². The average Bonchev–Trinajstić information content (AvgIpc) is 2.16. The van der Waals surface area contributed by atoms with Gasteiger partial charge in [0.25, 0.3) is 0 Å². The molecule has 0 unspecified atom stereocenters. The van der Waals surface area contributed by atoms with Gasteiger partial charge in [-0.1, -0.05) is 27.8 Å². The largest absolute Gasteiger partial charge is 0.506 e. The maximum absolute atomic E-state index is 10.6. The molecule has 0 fully saturated rings. The number of phenols is 2. The molecular formula is C10H7BrO4. The Morgan fingerprint density at radius 2 is 1.87 bits per heavy atom. The fraction of sp³-hybridized carbons (Fsp3) is 0.100. The minimum atomic E-state index is -1.22. The second kappa shape index (κ2) is 4.71. The third-order valence-electron chi connectivity index (χ3n) is 1.62. The summed E-state index contributed by atoms with van der Waals surface area (Å²) in [7, 11) is 0. The number of aromatic carboxylic acids is 1. The maximum atomic E-state index is 10.6. The van der Waals surface area contributed by atoms with Crippen LogP contribution in [0.2, 0.25) is 0 Å². The molecule has 1 aromatic carbocycles. The summed E-state index contributed by atoms with van der Waals surface area (Å²) >= 11 is 3.06. The molecule has 5 heteroatoms. The lowest BCUT2D eigenvalue weighted by Gasteiger charge is -2.02. The first-order chi connectivity index (χ1) is 7.06. The van der Waals surface area contributed by atoms with Crippen molar-refractivity contribution < 1.29 is 20.1 Å². The van der Waals surface area contributed by atoms with Gasteiger partial charge in [-0.05, 0) is 12.1 Å². The van der Waals surface area contributed by atoms with Gasteiger partial charge in [0.2, 0.25) is 0 Å². The Labute approximate surface area is 94.3 Å². The standard InChI is InChI=1S/C10H7BrO4/c11-3-1-2-7-8(12)4-6(10(14)15)5-9(7)13/h4-5,12-13H,3H2,(H,14,15). The van der Waals surface area contributed by atoms with Gasteiger partial charge in [0.05, 0.1) is 10.9 Å². The summed E-state index contributed by atoms with van der Waals surface area (Å²) in [5.41, 5.74) is -0.158. The van der Waals surface area contributed by atoms with Gasteiger partial charge in [0, 0.05) is 0 Å². The molecule has 0 aliphatic rings. The molecule has 3 N–H and O–H groups in total. The van der Waals surface area contributed by atoms with Crippen molar-refractivity contribution in [3.05, 3.63) is 23.3 Å². The third kappa shape index (κ3) is 2.64. The second-order valence-corrected chi connectivity index (χ2v) is 3.19. The molecule has 4 nitrogen and oxygen atoms in total. The van der Waals surface area contributed by atoms with Crippen LogP contribution in [0.5, 0.6) is 11.5 Å². The van der Waals surface area contributed by atoms with Gasteiger partial charge in [-0.3, -0.25) is 0 Å². The predicted molar refractivity (Wildman–Crippen MR) is 57.4 cm³/mol. The summed E-state index contributed by atoms with van der Waals surface area (Å²) in [6.07, 6.45) is 0. The Kier molecular flexibility index (Phi) is 3.58. The van der Waals surface area contributed by atoms with Crippen molar-refractivity contribution in [1.29, 1.82) is 0 Å². The summed E-state index contributed by atoms with van der Waals surface area (Å²) in [4.78, 5) is 10.6. The SMILES string of the molecule is O=C(O)c1cc(O)c(C#CCBr)c(O)c1. The molecule has 0 amide bonds. The molecule has 0 aliphatic heterocycles. The Balaban J connectivity index is 3.27. The number of carbonyl (C=O) groups is 1. The number of phenolic OH excluding ortho intramolecular Hbond substituents is 2. The van der Waals surface area contributed by atoms with E-state index in [-0.39, 0.29) is 22.6 Å². The first kappa shape index (κ1) is 11.4. The van der Waals surface area contributed by atoms with Crippen LogP contribution in [-0.2, 0) is 0 Å². The summed E-state index contributed by atoms with van der Waals surface area (Å²) in [5.74, 6) is 3.19. The molecule has 0 heterocycles. The zero-order valence-electron chi connectivity index (χ0n) is 7.49. The van der Waals surface area contributed by atoms with Gasteiger partial charge in [-0.25, -0.2) is 4.79 Å². The molecule has 0 saturated heterocycles. The predicted octanol–water partition coefficient (Wildman–Crippen LogP) is 1.54. The number of hydrogen-bond donors (Lipinski definition) is 3. The first-order valence-electron chi connectivity index (χ1n) is 3.90. The molecule has 0 aromatic heterocycles. The van der Waals surface area contributed by atoms with Gasteiger partial charge < -0.3 is 15.3 Å². The number of rotatable bonds is 1. The van der Waals surface area contributed by atoms with E-state index < -0.39 is 5.97 Å². The Bertz CT molecular complexity index is 433. The first-order valence-corrected chi connectivity index (χ1v) is 5.02. The van der Waals surface area contributed by atoms with Crippen molar-refractivity contribution in [2.45, 2.75) is 0 Å². The number of hydrogen-bond acceptors (Lipinski definition) is 3. The molecule has 0 spiro atoms. The van der Waals surface area contributed by atoms with E-state index in [1.165, 1.54) is 0 Å². The van der Waals surface area contributed by atoms with Gasteiger partial charge in [0.15, 0.2) is 0 Å². The number of carboxylic acid groups (broad SMARTS) is 1. The smallest absolute Gasteiger partial charge is 0.335 e. The van der Waals surface area contributed by atoms with E-state index in [0.717, 1.165) is 12.1 Å². The molecule has 1 rings (SSSR count). The van der Waals surface area contributed by atoms with Crippen LogP contribution in [0.1, 0.15) is 15.9 Å². The number of aromatic hydroxyl groups is 2. The highest BCUT2D eigenvalue weighted by atomic mass is 79.9. The molecular weight excluding hydrogens is 264 g/mol. The van der Waals surface area contributed by atoms with Crippen LogP contribution in [0.15, 0.2) is 12.1 Å². The van der Waals surface area contributed by atoms with Crippen LogP contribution in [0.25, 0.3) is 0 Å². The molecule has 0 atom stereocenters. The molecule has 15 heavy (non-hydrogen) atoms. The minimum absolute atomic E-state index is 0.0273. The van der Waals surface area contributed by atoms with Crippen LogP contribution in [-0.4, -0.2) is 26.6 Å². The van der Waals surface area contributed by atoms with E-state index in [2.05, 4.69) is 27.8 Å². The summed E-state index contributed by atoms with van der Waals surface area (Å²) in [5, 5.41) is 27.8. The van der Waals surface area contributed by atoms with Crippen molar-refractivity contribution in [3.8, 4) is 23.3 Å².